The predicted molar refractivity (Wildman–Crippen MR) is 178 cm³/mol. The molecule has 7 aromatic rings. The lowest BCUT2D eigenvalue weighted by Crippen LogP contribution is -2.02. The van der Waals surface area contributed by atoms with Gasteiger partial charge in [-0.1, -0.05) is 115 Å². The Morgan fingerprint density at radius 2 is 0.953 bits per heavy atom. The first-order chi connectivity index (χ1) is 21.1. The van der Waals surface area contributed by atoms with Crippen molar-refractivity contribution in [2.45, 2.75) is 6.92 Å². The van der Waals surface area contributed by atoms with Gasteiger partial charge in [0.1, 0.15) is 0 Å². The molecular formula is C41H29NO. The lowest BCUT2D eigenvalue weighted by atomic mass is 9.92. The summed E-state index contributed by atoms with van der Waals surface area (Å²) in [4.78, 5) is 19.0. The first kappa shape index (κ1) is 26.3. The van der Waals surface area contributed by atoms with Crippen LogP contribution in [0.25, 0.3) is 55.5 Å². The minimum Gasteiger partial charge on any atom is -0.289 e. The van der Waals surface area contributed by atoms with Crippen molar-refractivity contribution in [1.82, 2.24) is 4.98 Å². The molecule has 0 bridgehead atoms. The van der Waals surface area contributed by atoms with Gasteiger partial charge >= 0.3 is 0 Å². The van der Waals surface area contributed by atoms with Gasteiger partial charge in [0.2, 0.25) is 0 Å². The number of benzene rings is 6. The van der Waals surface area contributed by atoms with Gasteiger partial charge in [-0.05, 0) is 88.3 Å². The summed E-state index contributed by atoms with van der Waals surface area (Å²) < 4.78 is 0. The smallest absolute Gasteiger partial charge is 0.193 e. The van der Waals surface area contributed by atoms with Gasteiger partial charge in [0.25, 0.3) is 0 Å². The fourth-order valence-electron chi connectivity index (χ4n) is 5.72. The maximum atomic E-state index is 14.0. The summed E-state index contributed by atoms with van der Waals surface area (Å²) >= 11 is 0. The molecule has 0 radical (unpaired) electrons. The molecule has 0 saturated heterocycles. The average molecular weight is 552 g/mol. The molecule has 0 saturated carbocycles. The SMILES string of the molecule is Cc1cc2ccccc2nc1-c1cccc(-c2cccc(C(=O)c3cc(-c4ccccc4)cc(-c4ccccc4)c3)c2)c1. The van der Waals surface area contributed by atoms with Gasteiger partial charge in [0.15, 0.2) is 5.78 Å². The zero-order chi connectivity index (χ0) is 29.2. The maximum Gasteiger partial charge on any atom is 0.193 e. The Balaban J connectivity index is 1.27. The van der Waals surface area contributed by atoms with E-state index >= 15 is 0 Å². The summed E-state index contributed by atoms with van der Waals surface area (Å²) in [7, 11) is 0. The first-order valence-corrected chi connectivity index (χ1v) is 14.5. The molecule has 2 nitrogen and oxygen atoms in total. The standard InChI is InChI=1S/C41H29NO/c1-28-22-33-16-8-9-21-39(33)42-40(28)34-19-10-17-31(23-34)32-18-11-20-35(24-32)41(43)38-26-36(29-12-4-2-5-13-29)25-37(27-38)30-14-6-3-7-15-30/h2-27H,1H3. The van der Waals surface area contributed by atoms with E-state index in [0.717, 1.165) is 61.1 Å². The van der Waals surface area contributed by atoms with Gasteiger partial charge in [-0.2, -0.15) is 0 Å². The van der Waals surface area contributed by atoms with Crippen LogP contribution in [0.5, 0.6) is 0 Å². The zero-order valence-corrected chi connectivity index (χ0v) is 23.9. The second kappa shape index (κ2) is 11.3. The molecule has 43 heavy (non-hydrogen) atoms. The van der Waals surface area contributed by atoms with E-state index in [1.54, 1.807) is 0 Å². The summed E-state index contributed by atoms with van der Waals surface area (Å²) in [6, 6.07) is 53.4. The average Bonchev–Trinajstić information content (AvgIpc) is 3.08. The van der Waals surface area contributed by atoms with Gasteiger partial charge in [-0.25, -0.2) is 4.98 Å². The van der Waals surface area contributed by atoms with Crippen molar-refractivity contribution in [2.24, 2.45) is 0 Å². The van der Waals surface area contributed by atoms with E-state index in [-0.39, 0.29) is 5.78 Å². The molecule has 0 spiro atoms. The molecular weight excluding hydrogens is 522 g/mol. The van der Waals surface area contributed by atoms with Crippen molar-refractivity contribution in [2.75, 3.05) is 0 Å². The number of fused-ring (bicyclic) bond motifs is 1. The molecule has 0 unspecified atom stereocenters. The van der Waals surface area contributed by atoms with Gasteiger partial charge in [0, 0.05) is 22.1 Å². The molecule has 2 heteroatoms. The Kier molecular flexibility index (Phi) is 6.94. The summed E-state index contributed by atoms with van der Waals surface area (Å²) in [5, 5.41) is 1.14. The number of carbonyl (C=O) groups excluding carboxylic acids is 1. The first-order valence-electron chi connectivity index (χ1n) is 14.5. The highest BCUT2D eigenvalue weighted by atomic mass is 16.1. The van der Waals surface area contributed by atoms with Crippen molar-refractivity contribution in [3.63, 3.8) is 0 Å². The topological polar surface area (TPSA) is 30.0 Å². The minimum atomic E-state index is 0.00000662. The largest absolute Gasteiger partial charge is 0.289 e. The van der Waals surface area contributed by atoms with Crippen LogP contribution in [-0.2, 0) is 0 Å². The third kappa shape index (κ3) is 5.39. The fourth-order valence-corrected chi connectivity index (χ4v) is 5.72. The molecule has 0 N–H and O–H groups in total. The molecule has 0 atom stereocenters. The third-order valence-electron chi connectivity index (χ3n) is 7.92. The monoisotopic (exact) mass is 551 g/mol. The molecule has 0 aliphatic rings. The highest BCUT2D eigenvalue weighted by Gasteiger charge is 2.15. The van der Waals surface area contributed by atoms with Gasteiger partial charge in [-0.3, -0.25) is 4.79 Å². The summed E-state index contributed by atoms with van der Waals surface area (Å²) in [5.74, 6) is 0.00000662. The molecule has 1 aromatic heterocycles. The van der Waals surface area contributed by atoms with Gasteiger partial charge in [0.05, 0.1) is 11.2 Å². The minimum absolute atomic E-state index is 0.00000662. The Labute approximate surface area is 252 Å². The second-order valence-corrected chi connectivity index (χ2v) is 10.9. The van der Waals surface area contributed by atoms with Crippen LogP contribution in [0.3, 0.4) is 0 Å². The molecule has 7 rings (SSSR count). The number of carbonyl (C=O) groups is 1. The van der Waals surface area contributed by atoms with Crippen LogP contribution in [0.15, 0.2) is 158 Å². The highest BCUT2D eigenvalue weighted by Crippen LogP contribution is 2.32. The number of aryl methyl sites for hydroxylation is 1. The lowest BCUT2D eigenvalue weighted by Gasteiger charge is -2.12. The van der Waals surface area contributed by atoms with Crippen molar-refractivity contribution < 1.29 is 4.79 Å². The summed E-state index contributed by atoms with van der Waals surface area (Å²) in [6.07, 6.45) is 0. The van der Waals surface area contributed by atoms with Crippen LogP contribution < -0.4 is 0 Å². The number of rotatable bonds is 6. The number of pyridine rings is 1. The summed E-state index contributed by atoms with van der Waals surface area (Å²) in [6.45, 7) is 2.11. The Bertz CT molecular complexity index is 2040. The van der Waals surface area contributed by atoms with E-state index in [9.17, 15) is 4.79 Å². The molecule has 6 aromatic carbocycles. The number of ketones is 1. The van der Waals surface area contributed by atoms with Crippen LogP contribution in [-0.4, -0.2) is 10.8 Å². The van der Waals surface area contributed by atoms with Crippen LogP contribution in [0, 0.1) is 6.92 Å². The van der Waals surface area contributed by atoms with E-state index in [4.69, 9.17) is 4.98 Å². The van der Waals surface area contributed by atoms with E-state index in [1.165, 1.54) is 0 Å². The Morgan fingerprint density at radius 1 is 0.442 bits per heavy atom. The second-order valence-electron chi connectivity index (χ2n) is 10.9. The van der Waals surface area contributed by atoms with Crippen LogP contribution in [0.1, 0.15) is 21.5 Å². The Hall–Kier alpha value is -5.60. The van der Waals surface area contributed by atoms with E-state index in [2.05, 4.69) is 79.7 Å². The highest BCUT2D eigenvalue weighted by molar-refractivity contribution is 6.11. The quantitative estimate of drug-likeness (QED) is 0.192. The third-order valence-corrected chi connectivity index (χ3v) is 7.92. The summed E-state index contributed by atoms with van der Waals surface area (Å²) in [5.41, 5.74) is 11.7. The molecule has 0 aliphatic carbocycles. The van der Waals surface area contributed by atoms with Crippen molar-refractivity contribution in [3.05, 3.63) is 174 Å². The van der Waals surface area contributed by atoms with Crippen LogP contribution in [0.4, 0.5) is 0 Å². The van der Waals surface area contributed by atoms with E-state index < -0.39 is 0 Å². The van der Waals surface area contributed by atoms with Crippen molar-refractivity contribution in [1.29, 1.82) is 0 Å². The van der Waals surface area contributed by atoms with Gasteiger partial charge < -0.3 is 0 Å². The predicted octanol–water partition coefficient (Wildman–Crippen LogP) is 10.4. The molecule has 0 aliphatic heterocycles. The maximum absolute atomic E-state index is 14.0. The van der Waals surface area contributed by atoms with Gasteiger partial charge in [-0.15, -0.1) is 0 Å². The zero-order valence-electron chi connectivity index (χ0n) is 23.9. The molecule has 1 heterocycles. The number of nitrogens with zero attached hydrogens (tertiary/aromatic N) is 1. The van der Waals surface area contributed by atoms with E-state index in [0.29, 0.717) is 11.1 Å². The Morgan fingerprint density at radius 3 is 1.65 bits per heavy atom. The fraction of sp³-hybridized carbons (Fsp3) is 0.0244. The molecule has 0 fully saturated rings. The van der Waals surface area contributed by atoms with Crippen molar-refractivity contribution >= 4 is 16.7 Å². The lowest BCUT2D eigenvalue weighted by molar-refractivity contribution is 0.103. The number of hydrogen-bond acceptors (Lipinski definition) is 2. The van der Waals surface area contributed by atoms with Crippen molar-refractivity contribution in [3.8, 4) is 44.6 Å². The molecule has 0 amide bonds. The van der Waals surface area contributed by atoms with Crippen LogP contribution >= 0.6 is 0 Å². The molecule has 204 valence electrons. The number of hydrogen-bond donors (Lipinski definition) is 0. The van der Waals surface area contributed by atoms with Crippen LogP contribution in [0.2, 0.25) is 0 Å². The van der Waals surface area contributed by atoms with E-state index in [1.807, 2.05) is 84.9 Å². The number of aromatic nitrogens is 1. The normalized spacial score (nSPS) is 11.0. The number of para-hydroxylation sites is 1.